The van der Waals surface area contributed by atoms with E-state index >= 15 is 0 Å². The summed E-state index contributed by atoms with van der Waals surface area (Å²) in [4.78, 5) is 1.53. The van der Waals surface area contributed by atoms with Gasteiger partial charge in [0, 0.05) is 0 Å². The number of benzene rings is 1. The van der Waals surface area contributed by atoms with Gasteiger partial charge in [-0.15, -0.1) is 0 Å². The highest BCUT2D eigenvalue weighted by Gasteiger charge is 2.16. The van der Waals surface area contributed by atoms with Crippen LogP contribution in [-0.2, 0) is 6.67 Å². The van der Waals surface area contributed by atoms with E-state index in [1.807, 2.05) is 28.9 Å². The summed E-state index contributed by atoms with van der Waals surface area (Å²) in [5, 5.41) is 8.38. The van der Waals surface area contributed by atoms with Crippen molar-refractivity contribution in [2.45, 2.75) is 25.9 Å². The maximum atomic E-state index is 5.49. The number of nitrogens with zero attached hydrogens (tertiary/aromatic N) is 4. The van der Waals surface area contributed by atoms with Gasteiger partial charge in [0.2, 0.25) is 4.77 Å². The zero-order chi connectivity index (χ0) is 14.7. The minimum atomic E-state index is 0.637. The van der Waals surface area contributed by atoms with Crippen molar-refractivity contribution in [2.75, 3.05) is 20.2 Å². The highest BCUT2D eigenvalue weighted by Crippen LogP contribution is 2.14. The lowest BCUT2D eigenvalue weighted by atomic mass is 10.1. The van der Waals surface area contributed by atoms with Gasteiger partial charge in [0.25, 0.3) is 0 Å². The van der Waals surface area contributed by atoms with Crippen molar-refractivity contribution in [3.8, 4) is 11.4 Å². The van der Waals surface area contributed by atoms with Crippen LogP contribution in [0.3, 0.4) is 0 Å². The van der Waals surface area contributed by atoms with Gasteiger partial charge in [-0.2, -0.15) is 9.36 Å². The normalized spacial score (nSPS) is 16.0. The average Bonchev–Trinajstić information content (AvgIpc) is 2.89. The molecule has 1 saturated heterocycles. The van der Waals surface area contributed by atoms with E-state index in [-0.39, 0.29) is 0 Å². The lowest BCUT2D eigenvalue weighted by Crippen LogP contribution is -3.12. The molecule has 0 spiro atoms. The van der Waals surface area contributed by atoms with Crippen molar-refractivity contribution in [1.82, 2.24) is 19.8 Å². The fraction of sp³-hybridized carbons (Fsp3) is 0.500. The van der Waals surface area contributed by atoms with Crippen LogP contribution in [-0.4, -0.2) is 40.0 Å². The molecule has 112 valence electrons. The van der Waals surface area contributed by atoms with Gasteiger partial charge in [-0.05, 0) is 66.2 Å². The Morgan fingerprint density at radius 2 is 1.86 bits per heavy atom. The molecule has 2 aromatic rings. The molecule has 6 nitrogen and oxygen atoms in total. The number of ether oxygens (including phenoxy) is 1. The maximum Gasteiger partial charge on any atom is 0.225 e. The van der Waals surface area contributed by atoms with Crippen LogP contribution in [0.4, 0.5) is 0 Å². The molecule has 0 saturated carbocycles. The molecular formula is C14H20N5OS+. The summed E-state index contributed by atoms with van der Waals surface area (Å²) in [5.41, 5.74) is 0.903. The molecule has 0 radical (unpaired) electrons. The van der Waals surface area contributed by atoms with Gasteiger partial charge in [-0.25, -0.2) is 0 Å². The van der Waals surface area contributed by atoms with Gasteiger partial charge < -0.3 is 9.64 Å². The van der Waals surface area contributed by atoms with Crippen LogP contribution in [0.5, 0.6) is 5.75 Å². The first kappa shape index (κ1) is 14.2. The number of piperidine rings is 1. The van der Waals surface area contributed by atoms with Crippen LogP contribution < -0.4 is 9.64 Å². The molecule has 1 N–H and O–H groups in total. The first-order chi connectivity index (χ1) is 10.3. The molecule has 0 amide bonds. The predicted octanol–water partition coefficient (Wildman–Crippen LogP) is 0.833. The summed E-state index contributed by atoms with van der Waals surface area (Å²) in [6.07, 6.45) is 3.91. The SMILES string of the molecule is COc1ccc(-n2nnn(C[NH+]3CCCCC3)c2=S)cc1. The van der Waals surface area contributed by atoms with Gasteiger partial charge in [-0.3, -0.25) is 0 Å². The Hall–Kier alpha value is -1.73. The Morgan fingerprint density at radius 3 is 2.52 bits per heavy atom. The van der Waals surface area contributed by atoms with Crippen molar-refractivity contribution >= 4 is 12.2 Å². The van der Waals surface area contributed by atoms with Crippen molar-refractivity contribution in [2.24, 2.45) is 0 Å². The van der Waals surface area contributed by atoms with Gasteiger partial charge in [0.15, 0.2) is 6.67 Å². The first-order valence-corrected chi connectivity index (χ1v) is 7.69. The molecule has 3 rings (SSSR count). The monoisotopic (exact) mass is 306 g/mol. The van der Waals surface area contributed by atoms with Crippen LogP contribution in [0.2, 0.25) is 0 Å². The van der Waals surface area contributed by atoms with Crippen molar-refractivity contribution in [3.63, 3.8) is 0 Å². The number of hydrogen-bond acceptors (Lipinski definition) is 4. The number of hydrogen-bond donors (Lipinski definition) is 1. The third kappa shape index (κ3) is 3.14. The minimum absolute atomic E-state index is 0.637. The van der Waals surface area contributed by atoms with E-state index in [2.05, 4.69) is 10.4 Å². The second-order valence-electron chi connectivity index (χ2n) is 5.34. The van der Waals surface area contributed by atoms with Crippen LogP contribution in [0.15, 0.2) is 24.3 Å². The van der Waals surface area contributed by atoms with E-state index < -0.39 is 0 Å². The second-order valence-corrected chi connectivity index (χ2v) is 5.70. The van der Waals surface area contributed by atoms with E-state index in [0.29, 0.717) is 4.77 Å². The van der Waals surface area contributed by atoms with Crippen LogP contribution >= 0.6 is 12.2 Å². The van der Waals surface area contributed by atoms with Crippen LogP contribution in [0.1, 0.15) is 19.3 Å². The number of rotatable bonds is 4. The number of nitrogens with one attached hydrogen (secondary N) is 1. The van der Waals surface area contributed by atoms with Crippen molar-refractivity contribution in [1.29, 1.82) is 0 Å². The van der Waals surface area contributed by atoms with E-state index in [9.17, 15) is 0 Å². The van der Waals surface area contributed by atoms with Gasteiger partial charge in [0.05, 0.1) is 25.9 Å². The number of likely N-dealkylation sites (tertiary alicyclic amines) is 1. The molecular weight excluding hydrogens is 286 g/mol. The number of aromatic nitrogens is 4. The molecule has 2 heterocycles. The molecule has 1 aliphatic heterocycles. The average molecular weight is 306 g/mol. The van der Waals surface area contributed by atoms with Gasteiger partial charge >= 0.3 is 0 Å². The summed E-state index contributed by atoms with van der Waals surface area (Å²) >= 11 is 5.49. The highest BCUT2D eigenvalue weighted by atomic mass is 32.1. The summed E-state index contributed by atoms with van der Waals surface area (Å²) in [6.45, 7) is 3.18. The summed E-state index contributed by atoms with van der Waals surface area (Å²) in [5.74, 6) is 0.815. The standard InChI is InChI=1S/C14H19N5OS/c1-20-13-7-5-12(6-8-13)19-14(21)18(15-16-19)11-17-9-3-2-4-10-17/h5-8H,2-4,9-11H2,1H3/p+1. The summed E-state index contributed by atoms with van der Waals surface area (Å²) < 4.78 is 9.31. The molecule has 1 aromatic heterocycles. The second kappa shape index (κ2) is 6.36. The lowest BCUT2D eigenvalue weighted by Gasteiger charge is -2.22. The molecule has 1 aromatic carbocycles. The molecule has 0 unspecified atom stereocenters. The summed E-state index contributed by atoms with van der Waals surface area (Å²) in [6, 6.07) is 7.65. The fourth-order valence-electron chi connectivity index (χ4n) is 2.68. The highest BCUT2D eigenvalue weighted by molar-refractivity contribution is 7.71. The van der Waals surface area contributed by atoms with E-state index in [4.69, 9.17) is 17.0 Å². The number of tetrazole rings is 1. The molecule has 1 fully saturated rings. The maximum absolute atomic E-state index is 5.49. The molecule has 0 aliphatic carbocycles. The molecule has 1 aliphatic rings. The predicted molar refractivity (Wildman–Crippen MR) is 81.3 cm³/mol. The minimum Gasteiger partial charge on any atom is -0.497 e. The quantitative estimate of drug-likeness (QED) is 0.850. The number of methoxy groups -OCH3 is 1. The molecule has 0 atom stereocenters. The van der Waals surface area contributed by atoms with Crippen LogP contribution in [0.25, 0.3) is 5.69 Å². The Labute approximate surface area is 128 Å². The van der Waals surface area contributed by atoms with E-state index in [1.165, 1.54) is 37.3 Å². The molecule has 7 heteroatoms. The van der Waals surface area contributed by atoms with Crippen molar-refractivity contribution in [3.05, 3.63) is 29.0 Å². The third-order valence-corrected chi connectivity index (χ3v) is 4.27. The molecule has 21 heavy (non-hydrogen) atoms. The van der Waals surface area contributed by atoms with Gasteiger partial charge in [-0.1, -0.05) is 0 Å². The Kier molecular flexibility index (Phi) is 4.31. The lowest BCUT2D eigenvalue weighted by molar-refractivity contribution is -0.928. The topological polar surface area (TPSA) is 49.3 Å². The summed E-state index contributed by atoms with van der Waals surface area (Å²) in [7, 11) is 1.65. The zero-order valence-corrected chi connectivity index (χ0v) is 13.0. The zero-order valence-electron chi connectivity index (χ0n) is 12.2. The largest absolute Gasteiger partial charge is 0.497 e. The molecule has 0 bridgehead atoms. The Balaban J connectivity index is 1.79. The third-order valence-electron chi connectivity index (χ3n) is 3.89. The van der Waals surface area contributed by atoms with E-state index in [0.717, 1.165) is 18.1 Å². The van der Waals surface area contributed by atoms with Gasteiger partial charge in [0.1, 0.15) is 5.75 Å². The Bertz CT molecular complexity index is 642. The fourth-order valence-corrected chi connectivity index (χ4v) is 2.92. The van der Waals surface area contributed by atoms with E-state index in [1.54, 1.807) is 11.8 Å². The van der Waals surface area contributed by atoms with Crippen molar-refractivity contribution < 1.29 is 9.64 Å². The Morgan fingerprint density at radius 1 is 1.14 bits per heavy atom. The smallest absolute Gasteiger partial charge is 0.225 e. The first-order valence-electron chi connectivity index (χ1n) is 7.29. The number of quaternary nitrogens is 1. The van der Waals surface area contributed by atoms with Crippen LogP contribution in [0, 0.1) is 4.77 Å².